The lowest BCUT2D eigenvalue weighted by Gasteiger charge is -1.07. The van der Waals surface area contributed by atoms with Crippen LogP contribution in [0, 0.1) is 0 Å². The molecule has 0 aromatic carbocycles. The molecule has 0 aliphatic carbocycles. The van der Waals surface area contributed by atoms with E-state index in [1.165, 1.54) is 0 Å². The fourth-order valence-corrected chi connectivity index (χ4v) is 0. The molecule has 0 N–H and O–H groups in total. The van der Waals surface area contributed by atoms with Crippen molar-refractivity contribution in [1.82, 2.24) is 0 Å². The van der Waals surface area contributed by atoms with Crippen molar-refractivity contribution < 1.29 is 0 Å². The van der Waals surface area contributed by atoms with E-state index in [2.05, 4.69) is 26.3 Å². The molecular weight excluding hydrogens is 108 g/mol. The Balaban J connectivity index is -0.00000000762. The Labute approximate surface area is 62.3 Å². The average molecular weight is 132 g/mol. The minimum atomic E-state index is 0. The van der Waals surface area contributed by atoms with Crippen molar-refractivity contribution in [3.63, 3.8) is 0 Å². The Morgan fingerprint density at radius 2 is 0.556 bits per heavy atom. The van der Waals surface area contributed by atoms with Gasteiger partial charge in [0, 0.05) is 0 Å². The van der Waals surface area contributed by atoms with E-state index >= 15 is 0 Å². The molecule has 0 fully saturated rings. The van der Waals surface area contributed by atoms with Gasteiger partial charge in [-0.15, -0.1) is 26.3 Å². The van der Waals surface area contributed by atoms with Crippen LogP contribution in [0.5, 0.6) is 0 Å². The largest absolute Gasteiger partial charge is 0.106 e. The maximum absolute atomic E-state index is 3.00. The zero-order valence-electron chi connectivity index (χ0n) is 6.83. The van der Waals surface area contributed by atoms with Crippen LogP contribution >= 0.6 is 0 Å². The van der Waals surface area contributed by atoms with Gasteiger partial charge in [-0.1, -0.05) is 35.1 Å². The molecule has 0 saturated heterocycles. The molecule has 0 spiro atoms. The second kappa shape index (κ2) is 1160. The summed E-state index contributed by atoms with van der Waals surface area (Å²) in [5.41, 5.74) is 0. The van der Waals surface area contributed by atoms with Crippen LogP contribution in [0.25, 0.3) is 0 Å². The summed E-state index contributed by atoms with van der Waals surface area (Å²) in [5, 5.41) is 0. The standard InChI is InChI=1S/2C2H6.2C2H4.CH4/c4*1-2;/h2*1-2H3;2*1-2H2;1H4. The quantitative estimate of drug-likeness (QED) is 0.431. The van der Waals surface area contributed by atoms with Crippen LogP contribution in [-0.4, -0.2) is 0 Å². The lowest BCUT2D eigenvalue weighted by atomic mass is 11.0. The van der Waals surface area contributed by atoms with Crippen molar-refractivity contribution in [3.05, 3.63) is 26.3 Å². The summed E-state index contributed by atoms with van der Waals surface area (Å²) in [5.74, 6) is 0. The first-order valence-electron chi connectivity index (χ1n) is 3.00. The highest BCUT2D eigenvalue weighted by molar-refractivity contribution is 4.22. The highest BCUT2D eigenvalue weighted by Crippen LogP contribution is 1.15. The summed E-state index contributed by atoms with van der Waals surface area (Å²) >= 11 is 0. The first-order valence-corrected chi connectivity index (χ1v) is 3.00. The summed E-state index contributed by atoms with van der Waals surface area (Å²) in [4.78, 5) is 0. The zero-order chi connectivity index (χ0) is 8.00. The first kappa shape index (κ1) is 39.2. The summed E-state index contributed by atoms with van der Waals surface area (Å²) in [6, 6.07) is 0. The molecular formula is C9H24. The van der Waals surface area contributed by atoms with E-state index in [0.29, 0.717) is 0 Å². The van der Waals surface area contributed by atoms with E-state index in [1.54, 1.807) is 0 Å². The van der Waals surface area contributed by atoms with Crippen LogP contribution in [0.2, 0.25) is 0 Å². The molecule has 0 bridgehead atoms. The molecule has 0 rings (SSSR count). The Hall–Kier alpha value is -0.520. The van der Waals surface area contributed by atoms with Crippen LogP contribution in [-0.2, 0) is 0 Å². The second-order valence-electron chi connectivity index (χ2n) is 0. The third-order valence-electron chi connectivity index (χ3n) is 0. The van der Waals surface area contributed by atoms with Crippen molar-refractivity contribution in [1.29, 1.82) is 0 Å². The molecule has 0 nitrogen and oxygen atoms in total. The summed E-state index contributed by atoms with van der Waals surface area (Å²) in [6.45, 7) is 20.0. The van der Waals surface area contributed by atoms with Crippen molar-refractivity contribution >= 4 is 0 Å². The maximum Gasteiger partial charge on any atom is -0.0683 e. The fourth-order valence-electron chi connectivity index (χ4n) is 0. The molecule has 0 heterocycles. The average Bonchev–Trinajstić information content (AvgIpc) is 2.03. The topological polar surface area (TPSA) is 0 Å². The normalized spacial score (nSPS) is 2.22. The minimum Gasteiger partial charge on any atom is -0.106 e. The van der Waals surface area contributed by atoms with Gasteiger partial charge in [0.05, 0.1) is 0 Å². The van der Waals surface area contributed by atoms with Crippen LogP contribution in [0.1, 0.15) is 35.1 Å². The zero-order valence-corrected chi connectivity index (χ0v) is 6.83. The lowest BCUT2D eigenvalue weighted by Crippen LogP contribution is -0.856. The molecule has 0 aliphatic heterocycles. The summed E-state index contributed by atoms with van der Waals surface area (Å²) in [7, 11) is 0. The van der Waals surface area contributed by atoms with E-state index < -0.39 is 0 Å². The smallest absolute Gasteiger partial charge is 0.0683 e. The van der Waals surface area contributed by atoms with Gasteiger partial charge >= 0.3 is 0 Å². The molecule has 0 atom stereocenters. The van der Waals surface area contributed by atoms with Gasteiger partial charge in [0.15, 0.2) is 0 Å². The minimum absolute atomic E-state index is 0. The van der Waals surface area contributed by atoms with Crippen LogP contribution in [0.15, 0.2) is 26.3 Å². The number of rotatable bonds is 0. The number of hydrogen-bond acceptors (Lipinski definition) is 0. The Morgan fingerprint density at radius 1 is 0.556 bits per heavy atom. The van der Waals surface area contributed by atoms with E-state index in [-0.39, 0.29) is 7.43 Å². The van der Waals surface area contributed by atoms with Gasteiger partial charge in [-0.3, -0.25) is 0 Å². The molecule has 0 saturated carbocycles. The van der Waals surface area contributed by atoms with Gasteiger partial charge in [-0.2, -0.15) is 0 Å². The van der Waals surface area contributed by atoms with Crippen molar-refractivity contribution in [2.75, 3.05) is 0 Å². The third kappa shape index (κ3) is 831. The summed E-state index contributed by atoms with van der Waals surface area (Å²) < 4.78 is 0. The van der Waals surface area contributed by atoms with Crippen LogP contribution in [0.4, 0.5) is 0 Å². The fraction of sp³-hybridized carbons (Fsp3) is 0.556. The van der Waals surface area contributed by atoms with E-state index in [0.717, 1.165) is 0 Å². The van der Waals surface area contributed by atoms with Gasteiger partial charge in [-0.05, 0) is 0 Å². The Kier molecular flexibility index (Phi) is 5060. The SMILES string of the molecule is C.C=C.C=C.CC.CC. The second-order valence-corrected chi connectivity index (χ2v) is 0. The highest BCUT2D eigenvalue weighted by Gasteiger charge is 0.934. The Morgan fingerprint density at radius 3 is 0.556 bits per heavy atom. The van der Waals surface area contributed by atoms with Gasteiger partial charge < -0.3 is 0 Å². The van der Waals surface area contributed by atoms with Gasteiger partial charge in [0.1, 0.15) is 0 Å². The molecule has 60 valence electrons. The predicted molar refractivity (Wildman–Crippen MR) is 51.9 cm³/mol. The molecule has 0 aliphatic rings. The van der Waals surface area contributed by atoms with Crippen molar-refractivity contribution in [2.24, 2.45) is 0 Å². The lowest BCUT2D eigenvalue weighted by molar-refractivity contribution is 1.50. The highest BCUT2D eigenvalue weighted by atomic mass is 13.0. The van der Waals surface area contributed by atoms with E-state index in [9.17, 15) is 0 Å². The molecule has 0 unspecified atom stereocenters. The molecule has 9 heavy (non-hydrogen) atoms. The molecule has 0 aromatic heterocycles. The van der Waals surface area contributed by atoms with Crippen molar-refractivity contribution in [2.45, 2.75) is 35.1 Å². The molecule has 0 heteroatoms. The van der Waals surface area contributed by atoms with Gasteiger partial charge in [-0.25, -0.2) is 0 Å². The van der Waals surface area contributed by atoms with E-state index in [1.807, 2.05) is 27.7 Å². The monoisotopic (exact) mass is 132 g/mol. The molecule has 0 radical (unpaired) electrons. The van der Waals surface area contributed by atoms with Crippen LogP contribution in [0.3, 0.4) is 0 Å². The molecule has 0 aromatic rings. The van der Waals surface area contributed by atoms with E-state index in [4.69, 9.17) is 0 Å². The van der Waals surface area contributed by atoms with Crippen molar-refractivity contribution in [3.8, 4) is 0 Å². The molecule has 0 amide bonds. The van der Waals surface area contributed by atoms with Crippen LogP contribution < -0.4 is 0 Å². The van der Waals surface area contributed by atoms with Gasteiger partial charge in [0.2, 0.25) is 0 Å². The Bertz CT molecular complexity index is 2.00. The predicted octanol–water partition coefficient (Wildman–Crippen LogP) is 4.29. The first-order chi connectivity index (χ1) is 4.00. The van der Waals surface area contributed by atoms with Gasteiger partial charge in [0.25, 0.3) is 0 Å². The summed E-state index contributed by atoms with van der Waals surface area (Å²) in [6.07, 6.45) is 0. The third-order valence-corrected chi connectivity index (χ3v) is 0. The maximum atomic E-state index is 3.00. The number of hydrogen-bond donors (Lipinski definition) is 0.